The zero-order valence-corrected chi connectivity index (χ0v) is 16.7. The molecule has 0 amide bonds. The van der Waals surface area contributed by atoms with Crippen molar-refractivity contribution in [2.45, 2.75) is 29.5 Å². The summed E-state index contributed by atoms with van der Waals surface area (Å²) in [7, 11) is 0. The zero-order valence-electron chi connectivity index (χ0n) is 14.5. The number of halogens is 1. The zero-order chi connectivity index (χ0) is 18.1. The fourth-order valence-corrected chi connectivity index (χ4v) is 5.21. The van der Waals surface area contributed by atoms with Crippen LogP contribution in [0.4, 0.5) is 11.8 Å². The quantitative estimate of drug-likeness (QED) is 0.450. The van der Waals surface area contributed by atoms with Gasteiger partial charge in [0.2, 0.25) is 5.95 Å². The molecular weight excluding hydrogens is 457 g/mol. The molecule has 2 saturated heterocycles. The van der Waals surface area contributed by atoms with E-state index in [4.69, 9.17) is 20.4 Å². The molecule has 3 aromatic rings. The summed E-state index contributed by atoms with van der Waals surface area (Å²) < 4.78 is 8.05. The average Bonchev–Trinajstić information content (AvgIpc) is 3.34. The average molecular weight is 475 g/mol. The number of aromatic nitrogens is 5. The SMILES string of the molecule is Nc1ncc(-c2cc3nc4n(c3c(N3CC5CC3C5)n2)CCO[C@@H]4I)cn1. The van der Waals surface area contributed by atoms with E-state index in [1.165, 1.54) is 12.8 Å². The molecule has 0 radical (unpaired) electrons. The third kappa shape index (κ3) is 2.37. The molecule has 3 fully saturated rings. The Balaban J connectivity index is 1.59. The van der Waals surface area contributed by atoms with Crippen LogP contribution in [0.3, 0.4) is 0 Å². The van der Waals surface area contributed by atoms with Gasteiger partial charge in [0.25, 0.3) is 0 Å². The van der Waals surface area contributed by atoms with Crippen LogP contribution in [0.25, 0.3) is 22.3 Å². The van der Waals surface area contributed by atoms with Gasteiger partial charge in [-0.1, -0.05) is 0 Å². The Morgan fingerprint density at radius 1 is 1.19 bits per heavy atom. The number of nitrogens with zero attached hydrogens (tertiary/aromatic N) is 6. The molecule has 7 rings (SSSR count). The van der Waals surface area contributed by atoms with Crippen LogP contribution in [0, 0.1) is 5.92 Å². The topological polar surface area (TPSA) is 95.0 Å². The minimum absolute atomic E-state index is 0.0350. The summed E-state index contributed by atoms with van der Waals surface area (Å²) >= 11 is 2.31. The highest BCUT2D eigenvalue weighted by Gasteiger charge is 2.44. The molecule has 0 aromatic carbocycles. The molecule has 8 nitrogen and oxygen atoms in total. The van der Waals surface area contributed by atoms with Crippen molar-refractivity contribution in [1.29, 1.82) is 0 Å². The first kappa shape index (κ1) is 16.0. The first-order chi connectivity index (χ1) is 13.2. The van der Waals surface area contributed by atoms with Gasteiger partial charge >= 0.3 is 0 Å². The van der Waals surface area contributed by atoms with Crippen LogP contribution in [0.15, 0.2) is 18.5 Å². The molecule has 1 aliphatic carbocycles. The third-order valence-electron chi connectivity index (χ3n) is 5.86. The van der Waals surface area contributed by atoms with Crippen LogP contribution in [0.5, 0.6) is 0 Å². The molecule has 138 valence electrons. The summed E-state index contributed by atoms with van der Waals surface area (Å²) in [4.78, 5) is 20.7. The van der Waals surface area contributed by atoms with Crippen molar-refractivity contribution < 1.29 is 4.74 Å². The van der Waals surface area contributed by atoms with E-state index in [2.05, 4.69) is 42.0 Å². The van der Waals surface area contributed by atoms with Gasteiger partial charge in [0.05, 0.1) is 17.8 Å². The van der Waals surface area contributed by atoms with Crippen molar-refractivity contribution in [3.8, 4) is 11.3 Å². The van der Waals surface area contributed by atoms with Gasteiger partial charge in [-0.15, -0.1) is 0 Å². The Kier molecular flexibility index (Phi) is 3.40. The van der Waals surface area contributed by atoms with Gasteiger partial charge in [0, 0.05) is 37.1 Å². The van der Waals surface area contributed by atoms with E-state index in [0.29, 0.717) is 12.6 Å². The molecule has 2 bridgehead atoms. The minimum Gasteiger partial charge on any atom is -0.368 e. The summed E-state index contributed by atoms with van der Waals surface area (Å²) in [5, 5.41) is 0. The number of imidazole rings is 1. The van der Waals surface area contributed by atoms with Gasteiger partial charge in [-0.25, -0.2) is 19.9 Å². The van der Waals surface area contributed by atoms with Crippen LogP contribution >= 0.6 is 22.6 Å². The molecule has 2 N–H and O–H groups in total. The summed E-state index contributed by atoms with van der Waals surface area (Å²) in [6.45, 7) is 2.59. The smallest absolute Gasteiger partial charge is 0.219 e. The van der Waals surface area contributed by atoms with Crippen LogP contribution in [-0.4, -0.2) is 43.7 Å². The van der Waals surface area contributed by atoms with Crippen LogP contribution < -0.4 is 10.6 Å². The van der Waals surface area contributed by atoms with Crippen LogP contribution in [0.1, 0.15) is 22.8 Å². The van der Waals surface area contributed by atoms with E-state index < -0.39 is 0 Å². The fourth-order valence-electron chi connectivity index (χ4n) is 4.49. The fraction of sp³-hybridized carbons (Fsp3) is 0.444. The van der Waals surface area contributed by atoms with Gasteiger partial charge in [-0.2, -0.15) is 0 Å². The molecule has 9 heteroatoms. The largest absolute Gasteiger partial charge is 0.368 e. The summed E-state index contributed by atoms with van der Waals surface area (Å²) in [6.07, 6.45) is 6.00. The number of fused-ring (bicyclic) bond motifs is 4. The molecule has 6 heterocycles. The van der Waals surface area contributed by atoms with Crippen LogP contribution in [0.2, 0.25) is 0 Å². The van der Waals surface area contributed by atoms with Crippen molar-refractivity contribution >= 4 is 45.4 Å². The molecule has 27 heavy (non-hydrogen) atoms. The van der Waals surface area contributed by atoms with Crippen molar-refractivity contribution in [2.75, 3.05) is 23.8 Å². The number of nitrogens with two attached hydrogens (primary N) is 1. The lowest BCUT2D eigenvalue weighted by Gasteiger charge is -2.28. The molecule has 0 unspecified atom stereocenters. The Morgan fingerprint density at radius 3 is 2.74 bits per heavy atom. The number of pyridine rings is 1. The van der Waals surface area contributed by atoms with Gasteiger partial charge in [-0.05, 0) is 47.4 Å². The van der Waals surface area contributed by atoms with Crippen molar-refractivity contribution in [2.24, 2.45) is 5.92 Å². The third-order valence-corrected chi connectivity index (χ3v) is 6.78. The standard InChI is InChI=1S/C18H18IN7O/c19-15-17-24-13-5-12(10-6-21-18(20)22-7-10)23-16(14(13)25(17)1-2-27-15)26-8-9-3-11(26)4-9/h5-7,9,11,15H,1-4,8H2,(H2,20,21,22)/t9?,11?,15-/m0/s1. The monoisotopic (exact) mass is 475 g/mol. The lowest BCUT2D eigenvalue weighted by molar-refractivity contribution is 0.0864. The Morgan fingerprint density at radius 2 is 2.00 bits per heavy atom. The summed E-state index contributed by atoms with van der Waals surface area (Å²) in [5.74, 6) is 3.08. The van der Waals surface area contributed by atoms with E-state index in [-0.39, 0.29) is 10.1 Å². The van der Waals surface area contributed by atoms with E-state index in [0.717, 1.165) is 52.9 Å². The second kappa shape index (κ2) is 5.74. The lowest BCUT2D eigenvalue weighted by atomic mass is 9.86. The Hall–Kier alpha value is -2.01. The predicted molar refractivity (Wildman–Crippen MR) is 110 cm³/mol. The maximum atomic E-state index is 5.79. The van der Waals surface area contributed by atoms with Gasteiger partial charge in [0.15, 0.2) is 9.93 Å². The molecular formula is C18H18IN7O. The summed E-state index contributed by atoms with van der Waals surface area (Å²) in [6, 6.07) is 2.63. The summed E-state index contributed by atoms with van der Waals surface area (Å²) in [5.41, 5.74) is 9.42. The molecule has 3 aromatic heterocycles. The molecule has 1 atom stereocenters. The number of nitrogen functional groups attached to an aromatic ring is 1. The second-order valence-electron chi connectivity index (χ2n) is 7.48. The Bertz CT molecular complexity index is 1040. The van der Waals surface area contributed by atoms with Crippen LogP contribution in [-0.2, 0) is 11.3 Å². The molecule has 0 spiro atoms. The number of ether oxygens (including phenoxy) is 1. The number of rotatable bonds is 2. The highest BCUT2D eigenvalue weighted by molar-refractivity contribution is 14.1. The van der Waals surface area contributed by atoms with E-state index in [1.54, 1.807) is 12.4 Å². The van der Waals surface area contributed by atoms with Gasteiger partial charge in [-0.3, -0.25) is 0 Å². The van der Waals surface area contributed by atoms with Crippen molar-refractivity contribution in [3.63, 3.8) is 0 Å². The number of hydrogen-bond acceptors (Lipinski definition) is 7. The predicted octanol–water partition coefficient (Wildman–Crippen LogP) is 2.53. The maximum absolute atomic E-state index is 5.79. The molecule has 3 aliphatic heterocycles. The van der Waals surface area contributed by atoms with Gasteiger partial charge in [0.1, 0.15) is 11.3 Å². The van der Waals surface area contributed by atoms with Crippen molar-refractivity contribution in [3.05, 3.63) is 24.3 Å². The maximum Gasteiger partial charge on any atom is 0.219 e. The highest BCUT2D eigenvalue weighted by Crippen LogP contribution is 2.45. The van der Waals surface area contributed by atoms with E-state index >= 15 is 0 Å². The van der Waals surface area contributed by atoms with Gasteiger partial charge < -0.3 is 19.9 Å². The number of anilines is 2. The van der Waals surface area contributed by atoms with E-state index in [9.17, 15) is 0 Å². The Labute approximate surface area is 169 Å². The number of hydrogen-bond donors (Lipinski definition) is 1. The normalized spacial score (nSPS) is 26.3. The molecule has 4 aliphatic rings. The minimum atomic E-state index is -0.0350. The van der Waals surface area contributed by atoms with E-state index in [1.807, 2.05) is 6.07 Å². The highest BCUT2D eigenvalue weighted by atomic mass is 127. The van der Waals surface area contributed by atoms with Crippen molar-refractivity contribution in [1.82, 2.24) is 24.5 Å². The first-order valence-corrected chi connectivity index (χ1v) is 10.4. The molecule has 1 saturated carbocycles. The second-order valence-corrected chi connectivity index (χ2v) is 8.61. The first-order valence-electron chi connectivity index (χ1n) is 9.19. The lowest BCUT2D eigenvalue weighted by Crippen LogP contribution is -2.30. The number of alkyl halides is 1.